The van der Waals surface area contributed by atoms with Gasteiger partial charge in [0.15, 0.2) is 0 Å². The molecule has 0 saturated heterocycles. The second kappa shape index (κ2) is 13.9. The molecule has 0 atom stereocenters. The number of halogens is 2. The lowest BCUT2D eigenvalue weighted by molar-refractivity contribution is -0.137. The molecular weight excluding hydrogens is 358 g/mol. The minimum absolute atomic E-state index is 0. The number of carbonyl (C=O) groups excluding carboxylic acids is 1. The van der Waals surface area contributed by atoms with Gasteiger partial charge in [-0.2, -0.15) is 0 Å². The number of nitrogens with two attached hydrogens (primary N) is 2. The van der Waals surface area contributed by atoms with Crippen molar-refractivity contribution in [1.29, 1.82) is 0 Å². The Morgan fingerprint density at radius 1 is 1.00 bits per heavy atom. The maximum atomic E-state index is 11.5. The van der Waals surface area contributed by atoms with Crippen LogP contribution in [0.1, 0.15) is 19.3 Å². The van der Waals surface area contributed by atoms with Crippen molar-refractivity contribution in [2.24, 2.45) is 11.5 Å². The minimum Gasteiger partial charge on any atom is -0.481 e. The molecule has 0 heterocycles. The van der Waals surface area contributed by atoms with Crippen molar-refractivity contribution in [3.05, 3.63) is 0 Å². The first kappa shape index (κ1) is 22.0. The van der Waals surface area contributed by atoms with Crippen LogP contribution in [0.15, 0.2) is 0 Å². The highest BCUT2D eigenvalue weighted by molar-refractivity contribution is 8.93. The lowest BCUT2D eigenvalue weighted by atomic mass is 10.2. The molecule has 0 spiro atoms. The second-order valence-electron chi connectivity index (χ2n) is 3.21. The van der Waals surface area contributed by atoms with Crippen LogP contribution in [0.4, 0.5) is 0 Å². The van der Waals surface area contributed by atoms with Crippen molar-refractivity contribution >= 4 is 45.8 Å². The molecule has 0 aromatic rings. The summed E-state index contributed by atoms with van der Waals surface area (Å²) in [6, 6.07) is 0. The Hall–Kier alpha value is -0.180. The van der Waals surface area contributed by atoms with Crippen molar-refractivity contribution in [2.45, 2.75) is 19.3 Å². The van der Waals surface area contributed by atoms with E-state index in [0.717, 1.165) is 0 Å². The third kappa shape index (κ3) is 12.1. The number of amides is 1. The highest BCUT2D eigenvalue weighted by Crippen LogP contribution is 2.00. The van der Waals surface area contributed by atoms with Crippen LogP contribution in [0, 0.1) is 0 Å². The van der Waals surface area contributed by atoms with Crippen molar-refractivity contribution in [1.82, 2.24) is 4.90 Å². The number of carbonyl (C=O) groups is 2. The predicted octanol–water partition coefficient (Wildman–Crippen LogP) is 0.143. The van der Waals surface area contributed by atoms with Gasteiger partial charge in [0, 0.05) is 39.0 Å². The van der Waals surface area contributed by atoms with Crippen LogP contribution in [-0.4, -0.2) is 48.1 Å². The van der Waals surface area contributed by atoms with Gasteiger partial charge < -0.3 is 21.5 Å². The lowest BCUT2D eigenvalue weighted by Gasteiger charge is -2.20. The van der Waals surface area contributed by atoms with E-state index in [1.54, 1.807) is 4.90 Å². The lowest BCUT2D eigenvalue weighted by Crippen LogP contribution is -2.38. The number of hydrogen-bond acceptors (Lipinski definition) is 4. The normalized spacial score (nSPS) is 8.82. The third-order valence-corrected chi connectivity index (χ3v) is 1.93. The summed E-state index contributed by atoms with van der Waals surface area (Å²) in [6.07, 6.45) is 0.622. The van der Waals surface area contributed by atoms with Gasteiger partial charge in [0.1, 0.15) is 0 Å². The topological polar surface area (TPSA) is 110 Å². The van der Waals surface area contributed by atoms with Gasteiger partial charge in [-0.1, -0.05) is 0 Å². The molecule has 0 bridgehead atoms. The van der Waals surface area contributed by atoms with Crippen molar-refractivity contribution in [2.75, 3.05) is 26.2 Å². The molecule has 6 nitrogen and oxygen atoms in total. The fourth-order valence-electron chi connectivity index (χ4n) is 1.22. The summed E-state index contributed by atoms with van der Waals surface area (Å²) < 4.78 is 0. The monoisotopic (exact) mass is 377 g/mol. The second-order valence-corrected chi connectivity index (χ2v) is 3.21. The predicted molar refractivity (Wildman–Crippen MR) is 76.8 cm³/mol. The zero-order valence-corrected chi connectivity index (χ0v) is 13.1. The van der Waals surface area contributed by atoms with Crippen molar-refractivity contribution in [3.8, 4) is 0 Å². The maximum absolute atomic E-state index is 11.5. The summed E-state index contributed by atoms with van der Waals surface area (Å²) in [5.74, 6) is -0.959. The Balaban J connectivity index is -0.000000980. The summed E-state index contributed by atoms with van der Waals surface area (Å²) in [6.45, 7) is 1.74. The molecule has 5 N–H and O–H groups in total. The highest BCUT2D eigenvalue weighted by Gasteiger charge is 2.11. The molecule has 104 valence electrons. The molecule has 0 saturated carbocycles. The number of rotatable bonds is 8. The fourth-order valence-corrected chi connectivity index (χ4v) is 1.22. The molecule has 0 aromatic carbocycles. The average Bonchev–Trinajstić information content (AvgIpc) is 2.16. The number of hydrogen-bond donors (Lipinski definition) is 3. The molecular formula is C9H21Br2N3O3. The van der Waals surface area contributed by atoms with Gasteiger partial charge in [-0.25, -0.2) is 0 Å². The number of carboxylic acids is 1. The molecule has 0 rings (SSSR count). The van der Waals surface area contributed by atoms with Crippen LogP contribution in [-0.2, 0) is 9.59 Å². The van der Waals surface area contributed by atoms with Crippen LogP contribution >= 0.6 is 34.0 Å². The van der Waals surface area contributed by atoms with Gasteiger partial charge >= 0.3 is 5.97 Å². The fraction of sp³-hybridized carbons (Fsp3) is 0.778. The van der Waals surface area contributed by atoms with Gasteiger partial charge in [0.2, 0.25) is 5.91 Å². The molecule has 0 fully saturated rings. The Morgan fingerprint density at radius 2 is 1.47 bits per heavy atom. The molecule has 0 aliphatic carbocycles. The summed E-state index contributed by atoms with van der Waals surface area (Å²) in [5.41, 5.74) is 10.7. The van der Waals surface area contributed by atoms with Crippen LogP contribution in [0.5, 0.6) is 0 Å². The molecule has 0 radical (unpaired) electrons. The van der Waals surface area contributed by atoms with E-state index in [2.05, 4.69) is 0 Å². The maximum Gasteiger partial charge on any atom is 0.303 e. The van der Waals surface area contributed by atoms with Gasteiger partial charge in [-0.3, -0.25) is 9.59 Å². The SMILES string of the molecule is Br.Br.NCCN(CCN)C(=O)CCCC(=O)O. The summed E-state index contributed by atoms with van der Waals surface area (Å²) in [7, 11) is 0. The van der Waals surface area contributed by atoms with E-state index in [1.165, 1.54) is 0 Å². The number of carboxylic acid groups (broad SMARTS) is 1. The Kier molecular flexibility index (Phi) is 18.0. The molecule has 0 unspecified atom stereocenters. The summed E-state index contributed by atoms with van der Waals surface area (Å²) in [4.78, 5) is 23.3. The number of nitrogens with zero attached hydrogens (tertiary/aromatic N) is 1. The van der Waals surface area contributed by atoms with Crippen LogP contribution in [0.3, 0.4) is 0 Å². The van der Waals surface area contributed by atoms with E-state index in [9.17, 15) is 9.59 Å². The molecule has 0 aromatic heterocycles. The zero-order valence-electron chi connectivity index (χ0n) is 9.63. The standard InChI is InChI=1S/C9H19N3O3.2BrH/c10-4-6-12(7-5-11)8(13)2-1-3-9(14)15;;/h1-7,10-11H2,(H,14,15);2*1H. The van der Waals surface area contributed by atoms with E-state index in [4.69, 9.17) is 16.6 Å². The van der Waals surface area contributed by atoms with Gasteiger partial charge in [-0.05, 0) is 6.42 Å². The van der Waals surface area contributed by atoms with E-state index >= 15 is 0 Å². The van der Waals surface area contributed by atoms with Gasteiger partial charge in [0.05, 0.1) is 0 Å². The van der Waals surface area contributed by atoms with Crippen LogP contribution in [0.25, 0.3) is 0 Å². The Labute approximate surface area is 122 Å². The van der Waals surface area contributed by atoms with Crippen LogP contribution in [0.2, 0.25) is 0 Å². The first-order valence-corrected chi connectivity index (χ1v) is 5.01. The molecule has 0 aliphatic heterocycles. The summed E-state index contributed by atoms with van der Waals surface area (Å²) in [5, 5.41) is 8.41. The van der Waals surface area contributed by atoms with Crippen molar-refractivity contribution < 1.29 is 14.7 Å². The van der Waals surface area contributed by atoms with Gasteiger partial charge in [-0.15, -0.1) is 34.0 Å². The first-order chi connectivity index (χ1) is 7.11. The number of aliphatic carboxylic acids is 1. The van der Waals surface area contributed by atoms with E-state index in [0.29, 0.717) is 32.6 Å². The molecule has 0 aliphatic rings. The largest absolute Gasteiger partial charge is 0.481 e. The first-order valence-electron chi connectivity index (χ1n) is 5.01. The van der Waals surface area contributed by atoms with E-state index < -0.39 is 5.97 Å². The Bertz CT molecular complexity index is 212. The summed E-state index contributed by atoms with van der Waals surface area (Å²) >= 11 is 0. The van der Waals surface area contributed by atoms with E-state index in [-0.39, 0.29) is 52.7 Å². The van der Waals surface area contributed by atoms with E-state index in [1.807, 2.05) is 0 Å². The van der Waals surface area contributed by atoms with Crippen molar-refractivity contribution in [3.63, 3.8) is 0 Å². The highest BCUT2D eigenvalue weighted by atomic mass is 79.9. The molecule has 8 heteroatoms. The smallest absolute Gasteiger partial charge is 0.303 e. The third-order valence-electron chi connectivity index (χ3n) is 1.93. The molecule has 1 amide bonds. The van der Waals surface area contributed by atoms with Gasteiger partial charge in [0.25, 0.3) is 0 Å². The molecule has 17 heavy (non-hydrogen) atoms. The average molecular weight is 379 g/mol. The minimum atomic E-state index is -0.882. The van der Waals surface area contributed by atoms with Crippen LogP contribution < -0.4 is 11.5 Å². The zero-order chi connectivity index (χ0) is 11.7. The quantitative estimate of drug-likeness (QED) is 0.556. The Morgan fingerprint density at radius 3 is 1.82 bits per heavy atom.